The minimum atomic E-state index is -0.968. The zero-order valence-electron chi connectivity index (χ0n) is 11.5. The third-order valence-electron chi connectivity index (χ3n) is 2.77. The summed E-state index contributed by atoms with van der Waals surface area (Å²) < 4.78 is 32.1. The lowest BCUT2D eigenvalue weighted by Gasteiger charge is -2.05. The first-order chi connectivity index (χ1) is 9.58. The van der Waals surface area contributed by atoms with Crippen LogP contribution in [0.5, 0.6) is 0 Å². The number of aromatic nitrogens is 2. The summed E-state index contributed by atoms with van der Waals surface area (Å²) >= 11 is 0. The summed E-state index contributed by atoms with van der Waals surface area (Å²) in [6.07, 6.45) is 1.44. The van der Waals surface area contributed by atoms with Crippen LogP contribution in [0.1, 0.15) is 26.2 Å². The maximum Gasteiger partial charge on any atom is 0.250 e. The predicted octanol–water partition coefficient (Wildman–Crippen LogP) is 2.95. The number of benzene rings is 1. The van der Waals surface area contributed by atoms with Crippen LogP contribution in [0, 0.1) is 11.6 Å². The Balaban J connectivity index is 2.00. The smallest absolute Gasteiger partial charge is 0.250 e. The fourth-order valence-corrected chi connectivity index (χ4v) is 1.76. The van der Waals surface area contributed by atoms with Crippen LogP contribution in [-0.2, 0) is 6.42 Å². The van der Waals surface area contributed by atoms with Crippen molar-refractivity contribution in [3.05, 3.63) is 35.7 Å². The molecule has 0 aliphatic rings. The highest BCUT2D eigenvalue weighted by Crippen LogP contribution is 2.23. The zero-order valence-corrected chi connectivity index (χ0v) is 11.5. The second kappa shape index (κ2) is 6.56. The number of halogens is 2. The van der Waals surface area contributed by atoms with Crippen molar-refractivity contribution in [2.24, 2.45) is 0 Å². The first kappa shape index (κ1) is 14.6. The molecule has 0 aliphatic carbocycles. The minimum Gasteiger partial charge on any atom is -0.421 e. The Morgan fingerprint density at radius 2 is 2.05 bits per heavy atom. The Labute approximate surface area is 116 Å². The summed E-state index contributed by atoms with van der Waals surface area (Å²) in [4.78, 5) is 0. The van der Waals surface area contributed by atoms with E-state index in [0.717, 1.165) is 19.0 Å². The molecule has 0 atom stereocenters. The van der Waals surface area contributed by atoms with Gasteiger partial charge in [-0.2, -0.15) is 0 Å². The number of nitrogens with zero attached hydrogens (tertiary/aromatic N) is 2. The van der Waals surface area contributed by atoms with Gasteiger partial charge >= 0.3 is 0 Å². The fourth-order valence-electron chi connectivity index (χ4n) is 1.76. The highest BCUT2D eigenvalue weighted by molar-refractivity contribution is 5.53. The lowest BCUT2D eigenvalue weighted by atomic mass is 10.2. The van der Waals surface area contributed by atoms with E-state index in [0.29, 0.717) is 18.4 Å². The maximum atomic E-state index is 13.6. The first-order valence-electron chi connectivity index (χ1n) is 6.58. The van der Waals surface area contributed by atoms with Gasteiger partial charge in [0.15, 0.2) is 11.6 Å². The Bertz CT molecular complexity index is 569. The molecule has 1 aromatic carbocycles. The van der Waals surface area contributed by atoms with Gasteiger partial charge in [-0.05, 0) is 25.1 Å². The van der Waals surface area contributed by atoms with E-state index in [2.05, 4.69) is 29.4 Å². The van der Waals surface area contributed by atoms with Gasteiger partial charge in [0.1, 0.15) is 0 Å². The zero-order chi connectivity index (χ0) is 14.5. The molecule has 6 heteroatoms. The summed E-state index contributed by atoms with van der Waals surface area (Å²) in [6.45, 7) is 4.97. The molecule has 1 heterocycles. The van der Waals surface area contributed by atoms with Gasteiger partial charge in [0, 0.05) is 12.5 Å². The molecule has 2 aromatic rings. The van der Waals surface area contributed by atoms with Crippen LogP contribution < -0.4 is 5.32 Å². The molecule has 0 bridgehead atoms. The average Bonchev–Trinajstić information content (AvgIpc) is 2.86. The van der Waals surface area contributed by atoms with Crippen molar-refractivity contribution in [2.45, 2.75) is 32.7 Å². The van der Waals surface area contributed by atoms with Crippen LogP contribution in [0.15, 0.2) is 22.6 Å². The lowest BCUT2D eigenvalue weighted by molar-refractivity contribution is 0.474. The van der Waals surface area contributed by atoms with Gasteiger partial charge in [-0.1, -0.05) is 19.9 Å². The SMILES string of the molecule is CC(C)NCCCc1nnc(-c2cccc(F)c2F)o1. The number of hydrogen-bond acceptors (Lipinski definition) is 4. The molecule has 0 radical (unpaired) electrons. The van der Waals surface area contributed by atoms with Crippen molar-refractivity contribution in [3.63, 3.8) is 0 Å². The van der Waals surface area contributed by atoms with E-state index in [-0.39, 0.29) is 11.5 Å². The van der Waals surface area contributed by atoms with Crippen LogP contribution in [0.25, 0.3) is 11.5 Å². The monoisotopic (exact) mass is 281 g/mol. The Hall–Kier alpha value is -1.82. The Morgan fingerprint density at radius 3 is 2.80 bits per heavy atom. The lowest BCUT2D eigenvalue weighted by Crippen LogP contribution is -2.23. The summed E-state index contributed by atoms with van der Waals surface area (Å²) in [7, 11) is 0. The highest BCUT2D eigenvalue weighted by atomic mass is 19.2. The number of rotatable bonds is 6. The summed E-state index contributed by atoms with van der Waals surface area (Å²) in [5.41, 5.74) is -0.0101. The second-order valence-corrected chi connectivity index (χ2v) is 4.81. The number of nitrogens with one attached hydrogen (secondary N) is 1. The first-order valence-corrected chi connectivity index (χ1v) is 6.58. The molecule has 2 rings (SSSR count). The quantitative estimate of drug-likeness (QED) is 0.827. The third-order valence-corrected chi connectivity index (χ3v) is 2.77. The van der Waals surface area contributed by atoms with Gasteiger partial charge in [0.05, 0.1) is 5.56 Å². The molecule has 0 unspecified atom stereocenters. The van der Waals surface area contributed by atoms with Crippen molar-refractivity contribution < 1.29 is 13.2 Å². The topological polar surface area (TPSA) is 51.0 Å². The van der Waals surface area contributed by atoms with E-state index in [1.54, 1.807) is 0 Å². The molecule has 4 nitrogen and oxygen atoms in total. The van der Waals surface area contributed by atoms with Crippen molar-refractivity contribution in [1.29, 1.82) is 0 Å². The van der Waals surface area contributed by atoms with Crippen molar-refractivity contribution in [1.82, 2.24) is 15.5 Å². The van der Waals surface area contributed by atoms with Gasteiger partial charge in [-0.15, -0.1) is 10.2 Å². The molecule has 0 aliphatic heterocycles. The fraction of sp³-hybridized carbons (Fsp3) is 0.429. The number of aryl methyl sites for hydroxylation is 1. The molecule has 1 aromatic heterocycles. The Morgan fingerprint density at radius 1 is 1.25 bits per heavy atom. The van der Waals surface area contributed by atoms with Crippen molar-refractivity contribution >= 4 is 0 Å². The van der Waals surface area contributed by atoms with Crippen LogP contribution in [-0.4, -0.2) is 22.8 Å². The van der Waals surface area contributed by atoms with Gasteiger partial charge in [0.2, 0.25) is 5.89 Å². The summed E-state index contributed by atoms with van der Waals surface area (Å²) in [6, 6.07) is 4.29. The van der Waals surface area contributed by atoms with E-state index < -0.39 is 11.6 Å². The molecule has 1 N–H and O–H groups in total. The maximum absolute atomic E-state index is 13.6. The molecule has 108 valence electrons. The van der Waals surface area contributed by atoms with Crippen LogP contribution in [0.3, 0.4) is 0 Å². The average molecular weight is 281 g/mol. The normalized spacial score (nSPS) is 11.2. The van der Waals surface area contributed by atoms with Gasteiger partial charge < -0.3 is 9.73 Å². The van der Waals surface area contributed by atoms with E-state index in [1.807, 2.05) is 0 Å². The highest BCUT2D eigenvalue weighted by Gasteiger charge is 2.15. The van der Waals surface area contributed by atoms with E-state index in [9.17, 15) is 8.78 Å². The molecule has 20 heavy (non-hydrogen) atoms. The van der Waals surface area contributed by atoms with Crippen molar-refractivity contribution in [2.75, 3.05) is 6.54 Å². The standard InChI is InChI=1S/C14H17F2N3O/c1-9(2)17-8-4-7-12-18-19-14(20-12)10-5-3-6-11(15)13(10)16/h3,5-6,9,17H,4,7-8H2,1-2H3. The van der Waals surface area contributed by atoms with Gasteiger partial charge in [-0.25, -0.2) is 8.78 Å². The Kier molecular flexibility index (Phi) is 4.79. The number of hydrogen-bond donors (Lipinski definition) is 1. The molecule has 0 amide bonds. The second-order valence-electron chi connectivity index (χ2n) is 4.81. The minimum absolute atomic E-state index is 0.00817. The summed E-state index contributed by atoms with van der Waals surface area (Å²) in [5.74, 6) is -1.46. The molecule has 0 fully saturated rings. The van der Waals surface area contributed by atoms with Crippen LogP contribution >= 0.6 is 0 Å². The van der Waals surface area contributed by atoms with Gasteiger partial charge in [-0.3, -0.25) is 0 Å². The molecular weight excluding hydrogens is 264 g/mol. The summed E-state index contributed by atoms with van der Waals surface area (Å²) in [5, 5.41) is 10.9. The van der Waals surface area contributed by atoms with Crippen LogP contribution in [0.4, 0.5) is 8.78 Å². The third kappa shape index (κ3) is 3.60. The molecule has 0 saturated heterocycles. The van der Waals surface area contributed by atoms with E-state index >= 15 is 0 Å². The van der Waals surface area contributed by atoms with Crippen molar-refractivity contribution in [3.8, 4) is 11.5 Å². The largest absolute Gasteiger partial charge is 0.421 e. The molecular formula is C14H17F2N3O. The predicted molar refractivity (Wildman–Crippen MR) is 71.1 cm³/mol. The van der Waals surface area contributed by atoms with Crippen LogP contribution in [0.2, 0.25) is 0 Å². The molecule has 0 saturated carbocycles. The molecule has 0 spiro atoms. The van der Waals surface area contributed by atoms with Gasteiger partial charge in [0.25, 0.3) is 5.89 Å². The van der Waals surface area contributed by atoms with E-state index in [4.69, 9.17) is 4.42 Å². The van der Waals surface area contributed by atoms with E-state index in [1.165, 1.54) is 12.1 Å².